The summed E-state index contributed by atoms with van der Waals surface area (Å²) in [5.74, 6) is -0.116. The zero-order chi connectivity index (χ0) is 22.1. The van der Waals surface area contributed by atoms with Gasteiger partial charge in [0, 0.05) is 24.3 Å². The number of benzene rings is 1. The van der Waals surface area contributed by atoms with Crippen molar-refractivity contribution in [2.75, 3.05) is 12.3 Å². The molecule has 3 rings (SSSR count). The van der Waals surface area contributed by atoms with E-state index in [4.69, 9.17) is 16.6 Å². The van der Waals surface area contributed by atoms with Crippen molar-refractivity contribution in [2.45, 2.75) is 22.8 Å². The first-order chi connectivity index (χ1) is 14.1. The van der Waals surface area contributed by atoms with E-state index in [9.17, 15) is 16.8 Å². The molecule has 0 fully saturated rings. The van der Waals surface area contributed by atoms with Gasteiger partial charge in [-0.1, -0.05) is 6.07 Å². The fraction of sp³-hybridized carbons (Fsp3) is 0.200. The van der Waals surface area contributed by atoms with Crippen LogP contribution in [0.15, 0.2) is 40.3 Å². The van der Waals surface area contributed by atoms with Crippen LogP contribution in [-0.4, -0.2) is 55.0 Å². The number of sulfonamides is 2. The van der Waals surface area contributed by atoms with E-state index in [2.05, 4.69) is 30.3 Å². The first kappa shape index (κ1) is 21.7. The van der Waals surface area contributed by atoms with E-state index < -0.39 is 35.9 Å². The van der Waals surface area contributed by atoms with Gasteiger partial charge < -0.3 is 11.5 Å². The van der Waals surface area contributed by atoms with Gasteiger partial charge in [0.25, 0.3) is 0 Å². The van der Waals surface area contributed by atoms with E-state index >= 15 is 0 Å². The number of hydrogen-bond donors (Lipinski definition) is 5. The number of rotatable bonds is 7. The fourth-order valence-corrected chi connectivity index (χ4v) is 5.65. The number of nitrogen functional groups attached to an aromatic ring is 1. The van der Waals surface area contributed by atoms with Crippen molar-refractivity contribution in [3.8, 4) is 22.5 Å². The molecule has 0 aliphatic heterocycles. The van der Waals surface area contributed by atoms with Crippen LogP contribution in [-0.2, 0) is 20.0 Å². The molecule has 13 nitrogen and oxygen atoms in total. The average Bonchev–Trinajstić information content (AvgIpc) is 3.20. The minimum absolute atomic E-state index is 0.00800. The van der Waals surface area contributed by atoms with Crippen molar-refractivity contribution in [3.63, 3.8) is 0 Å². The number of H-pyrrole nitrogens is 1. The molecule has 1 atom stereocenters. The maximum Gasteiger partial charge on any atom is 0.242 e. The van der Waals surface area contributed by atoms with E-state index in [-0.39, 0.29) is 29.3 Å². The molecular weight excluding hydrogens is 434 g/mol. The smallest absolute Gasteiger partial charge is 0.242 e. The lowest BCUT2D eigenvalue weighted by Gasteiger charge is -2.18. The Morgan fingerprint density at radius 1 is 1.17 bits per heavy atom. The van der Waals surface area contributed by atoms with Crippen LogP contribution in [0.2, 0.25) is 0 Å². The maximum atomic E-state index is 12.9. The van der Waals surface area contributed by atoms with E-state index in [0.29, 0.717) is 5.56 Å². The molecule has 0 saturated heterocycles. The summed E-state index contributed by atoms with van der Waals surface area (Å²) in [6.07, 6.45) is 1.45. The van der Waals surface area contributed by atoms with Crippen LogP contribution in [0.4, 0.5) is 5.82 Å². The van der Waals surface area contributed by atoms with Crippen molar-refractivity contribution < 1.29 is 16.8 Å². The van der Waals surface area contributed by atoms with Gasteiger partial charge >= 0.3 is 0 Å². The summed E-state index contributed by atoms with van der Waals surface area (Å²) in [5.41, 5.74) is 11.8. The normalized spacial score (nSPS) is 13.3. The fourth-order valence-electron chi connectivity index (χ4n) is 2.79. The zero-order valence-corrected chi connectivity index (χ0v) is 17.3. The first-order valence-corrected chi connectivity index (χ1v) is 11.5. The molecule has 0 aliphatic carbocycles. The number of aromatic amines is 1. The third-order valence-corrected chi connectivity index (χ3v) is 6.86. The molecule has 0 amide bonds. The molecule has 160 valence electrons. The molecule has 2 aromatic heterocycles. The van der Waals surface area contributed by atoms with Crippen LogP contribution in [0, 0.1) is 0 Å². The van der Waals surface area contributed by atoms with Gasteiger partial charge in [-0.3, -0.25) is 0 Å². The predicted octanol–water partition coefficient (Wildman–Crippen LogP) is -1.22. The summed E-state index contributed by atoms with van der Waals surface area (Å²) in [6.45, 7) is 1.52. The lowest BCUT2D eigenvalue weighted by Crippen LogP contribution is -2.38. The second kappa shape index (κ2) is 8.04. The van der Waals surface area contributed by atoms with E-state index in [0.717, 1.165) is 6.07 Å². The Labute approximate surface area is 172 Å². The maximum absolute atomic E-state index is 12.9. The molecule has 0 spiro atoms. The number of primary sulfonamides is 1. The van der Waals surface area contributed by atoms with Crippen LogP contribution in [0.1, 0.15) is 6.92 Å². The Morgan fingerprint density at radius 2 is 1.90 bits per heavy atom. The van der Waals surface area contributed by atoms with Crippen LogP contribution in [0.5, 0.6) is 0 Å². The Kier molecular flexibility index (Phi) is 5.82. The van der Waals surface area contributed by atoms with Crippen LogP contribution in [0.3, 0.4) is 0 Å². The highest BCUT2D eigenvalue weighted by atomic mass is 32.2. The summed E-state index contributed by atoms with van der Waals surface area (Å²) < 4.78 is 53.3. The summed E-state index contributed by atoms with van der Waals surface area (Å²) >= 11 is 0. The molecule has 0 radical (unpaired) electrons. The molecule has 30 heavy (non-hydrogen) atoms. The van der Waals surface area contributed by atoms with Gasteiger partial charge in [0.15, 0.2) is 0 Å². The van der Waals surface area contributed by atoms with Gasteiger partial charge in [-0.25, -0.2) is 31.7 Å². The molecule has 0 saturated carbocycles. The van der Waals surface area contributed by atoms with Crippen LogP contribution < -0.4 is 21.3 Å². The molecule has 0 bridgehead atoms. The number of anilines is 1. The molecule has 8 N–H and O–H groups in total. The molecule has 3 aromatic rings. The molecule has 0 unspecified atom stereocenters. The standard InChI is InChI=1S/C15H19N9O4S2/c1-8(7-16)22-30(27,28)11-5-4-9(10-3-2-6-19-14(10)17)12(13(11)29(18,25)26)15-20-23-24-21-15/h2-6,8,22H,7,16H2,1H3,(H2,17,19)(H2,18,25,26)(H,20,21,23,24)/t8-/m0/s1. The highest BCUT2D eigenvalue weighted by Crippen LogP contribution is 2.39. The minimum Gasteiger partial charge on any atom is -0.383 e. The van der Waals surface area contributed by atoms with Crippen LogP contribution >= 0.6 is 0 Å². The van der Waals surface area contributed by atoms with Crippen molar-refractivity contribution in [3.05, 3.63) is 30.5 Å². The summed E-state index contributed by atoms with van der Waals surface area (Å²) in [4.78, 5) is 2.69. The second-order valence-corrected chi connectivity index (χ2v) is 9.47. The van der Waals surface area contributed by atoms with Gasteiger partial charge in [-0.2, -0.15) is 5.21 Å². The molecule has 2 heterocycles. The summed E-state index contributed by atoms with van der Waals surface area (Å²) in [6, 6.07) is 4.98. The average molecular weight is 454 g/mol. The number of nitrogens with two attached hydrogens (primary N) is 3. The first-order valence-electron chi connectivity index (χ1n) is 8.43. The number of tetrazole rings is 1. The van der Waals surface area contributed by atoms with Gasteiger partial charge in [0.05, 0.1) is 5.56 Å². The predicted molar refractivity (Wildman–Crippen MR) is 107 cm³/mol. The molecule has 15 heteroatoms. The lowest BCUT2D eigenvalue weighted by molar-refractivity contribution is 0.557. The Hall–Kier alpha value is -2.98. The molecule has 1 aromatic carbocycles. The quantitative estimate of drug-likeness (QED) is 0.286. The minimum atomic E-state index is -4.59. The number of hydrogen-bond acceptors (Lipinski definition) is 10. The summed E-state index contributed by atoms with van der Waals surface area (Å²) in [5, 5.41) is 18.7. The van der Waals surface area contributed by atoms with E-state index in [1.165, 1.54) is 19.2 Å². The Balaban J connectivity index is 2.44. The number of pyridine rings is 1. The van der Waals surface area contributed by atoms with E-state index in [1.54, 1.807) is 12.1 Å². The monoisotopic (exact) mass is 453 g/mol. The van der Waals surface area contributed by atoms with E-state index in [1.807, 2.05) is 0 Å². The van der Waals surface area contributed by atoms with Gasteiger partial charge in [-0.05, 0) is 35.9 Å². The second-order valence-electron chi connectivity index (χ2n) is 6.29. The van der Waals surface area contributed by atoms with Gasteiger partial charge in [0.2, 0.25) is 25.9 Å². The largest absolute Gasteiger partial charge is 0.383 e. The highest BCUT2D eigenvalue weighted by Gasteiger charge is 2.32. The number of aromatic nitrogens is 5. The van der Waals surface area contributed by atoms with Crippen molar-refractivity contribution >= 4 is 25.9 Å². The van der Waals surface area contributed by atoms with Gasteiger partial charge in [0.1, 0.15) is 15.6 Å². The van der Waals surface area contributed by atoms with Crippen molar-refractivity contribution in [1.29, 1.82) is 0 Å². The van der Waals surface area contributed by atoms with Crippen molar-refractivity contribution in [2.24, 2.45) is 10.9 Å². The Morgan fingerprint density at radius 3 is 2.47 bits per heavy atom. The number of nitrogens with one attached hydrogen (secondary N) is 2. The highest BCUT2D eigenvalue weighted by molar-refractivity contribution is 7.92. The third-order valence-electron chi connectivity index (χ3n) is 4.10. The Bertz CT molecular complexity index is 1280. The lowest BCUT2D eigenvalue weighted by atomic mass is 9.99. The third kappa shape index (κ3) is 4.14. The topological polar surface area (TPSA) is 226 Å². The van der Waals surface area contributed by atoms with Crippen molar-refractivity contribution in [1.82, 2.24) is 30.3 Å². The molecular formula is C15H19N9O4S2. The zero-order valence-electron chi connectivity index (χ0n) is 15.6. The number of nitrogens with zero attached hydrogens (tertiary/aromatic N) is 4. The molecule has 0 aliphatic rings. The van der Waals surface area contributed by atoms with Gasteiger partial charge in [-0.15, -0.1) is 10.2 Å². The SMILES string of the molecule is C[C@@H](CN)NS(=O)(=O)c1ccc(-c2cccnc2N)c(-c2nn[nH]n2)c1S(N)(=O)=O. The summed E-state index contributed by atoms with van der Waals surface area (Å²) in [7, 11) is -8.92. The van der Waals surface area contributed by atoms with Crippen LogP contribution in [0.25, 0.3) is 22.5 Å².